The highest BCUT2D eigenvalue weighted by atomic mass is 35.5. The van der Waals surface area contributed by atoms with E-state index in [9.17, 15) is 9.18 Å². The zero-order valence-corrected chi connectivity index (χ0v) is 7.42. The van der Waals surface area contributed by atoms with Gasteiger partial charge < -0.3 is 10.8 Å². The minimum atomic E-state index is -1.17. The number of carboxylic acid groups (broad SMARTS) is 1. The highest BCUT2D eigenvalue weighted by Crippen LogP contribution is 2.11. The van der Waals surface area contributed by atoms with Crippen molar-refractivity contribution >= 4 is 18.4 Å². The van der Waals surface area contributed by atoms with E-state index in [4.69, 9.17) is 10.8 Å². The Hall–Kier alpha value is -1.13. The van der Waals surface area contributed by atoms with Gasteiger partial charge >= 0.3 is 5.97 Å². The first kappa shape index (κ1) is 11.9. The Kier molecular flexibility index (Phi) is 4.37. The molecule has 0 aliphatic rings. The lowest BCUT2D eigenvalue weighted by atomic mass is 10.1. The van der Waals surface area contributed by atoms with E-state index in [1.54, 1.807) is 0 Å². The Morgan fingerprint density at radius 1 is 1.54 bits per heavy atom. The molecule has 0 unspecified atom stereocenters. The van der Waals surface area contributed by atoms with Crippen molar-refractivity contribution in [2.75, 3.05) is 0 Å². The molecule has 0 aliphatic carbocycles. The molecule has 0 heterocycles. The normalized spacial score (nSPS) is 11.5. The number of carboxylic acids is 1. The second-order valence-electron chi connectivity index (χ2n) is 2.37. The molecule has 0 fully saturated rings. The summed E-state index contributed by atoms with van der Waals surface area (Å²) in [4.78, 5) is 10.4. The molecule has 0 aromatic heterocycles. The van der Waals surface area contributed by atoms with Crippen LogP contribution < -0.4 is 5.73 Å². The average Bonchev–Trinajstić information content (AvgIpc) is 2.03. The summed E-state index contributed by atoms with van der Waals surface area (Å²) in [5.74, 6) is -1.65. The Morgan fingerprint density at radius 3 is 2.62 bits per heavy atom. The van der Waals surface area contributed by atoms with Gasteiger partial charge in [-0.15, -0.1) is 12.4 Å². The summed E-state index contributed by atoms with van der Waals surface area (Å²) in [6.07, 6.45) is 0. The third-order valence-corrected chi connectivity index (χ3v) is 1.47. The monoisotopic (exact) mass is 205 g/mol. The van der Waals surface area contributed by atoms with Crippen LogP contribution in [0.5, 0.6) is 0 Å². The largest absolute Gasteiger partial charge is 0.480 e. The standard InChI is InChI=1S/C8H8FNO2.ClH/c9-6-3-1-2-5(4-6)7(10)8(11)12;/h1-4,7H,10H2,(H,11,12);1H/t7-;/m1./s1. The van der Waals surface area contributed by atoms with E-state index >= 15 is 0 Å². The van der Waals surface area contributed by atoms with Crippen LogP contribution in [0.2, 0.25) is 0 Å². The molecule has 0 aliphatic heterocycles. The molecule has 0 saturated heterocycles. The maximum absolute atomic E-state index is 12.5. The molecule has 3 nitrogen and oxygen atoms in total. The van der Waals surface area contributed by atoms with Gasteiger partial charge in [0.1, 0.15) is 11.9 Å². The Morgan fingerprint density at radius 2 is 2.15 bits per heavy atom. The van der Waals surface area contributed by atoms with Gasteiger partial charge in [0.15, 0.2) is 0 Å². The fourth-order valence-corrected chi connectivity index (χ4v) is 0.843. The van der Waals surface area contributed by atoms with Crippen LogP contribution in [-0.4, -0.2) is 11.1 Å². The molecule has 1 rings (SSSR count). The van der Waals surface area contributed by atoms with Gasteiger partial charge in [0, 0.05) is 0 Å². The molecule has 0 bridgehead atoms. The maximum atomic E-state index is 12.5. The fourth-order valence-electron chi connectivity index (χ4n) is 0.843. The first-order valence-electron chi connectivity index (χ1n) is 3.35. The highest BCUT2D eigenvalue weighted by Gasteiger charge is 2.13. The van der Waals surface area contributed by atoms with Gasteiger partial charge in [-0.25, -0.2) is 4.39 Å². The molecule has 1 aromatic rings. The molecule has 1 aromatic carbocycles. The SMILES string of the molecule is Cl.N[C@@H](C(=O)O)c1cccc(F)c1. The minimum Gasteiger partial charge on any atom is -0.480 e. The van der Waals surface area contributed by atoms with Crippen LogP contribution in [0.3, 0.4) is 0 Å². The van der Waals surface area contributed by atoms with E-state index < -0.39 is 17.8 Å². The highest BCUT2D eigenvalue weighted by molar-refractivity contribution is 5.85. The van der Waals surface area contributed by atoms with Crippen molar-refractivity contribution in [3.05, 3.63) is 35.6 Å². The van der Waals surface area contributed by atoms with Crippen LogP contribution in [0.25, 0.3) is 0 Å². The summed E-state index contributed by atoms with van der Waals surface area (Å²) in [7, 11) is 0. The zero-order valence-electron chi connectivity index (χ0n) is 6.61. The van der Waals surface area contributed by atoms with Crippen molar-refractivity contribution in [1.29, 1.82) is 0 Å². The lowest BCUT2D eigenvalue weighted by molar-refractivity contribution is -0.138. The second-order valence-corrected chi connectivity index (χ2v) is 2.37. The Balaban J connectivity index is 0.00000144. The van der Waals surface area contributed by atoms with Crippen LogP contribution >= 0.6 is 12.4 Å². The number of aliphatic carboxylic acids is 1. The molecule has 3 N–H and O–H groups in total. The van der Waals surface area contributed by atoms with E-state index in [-0.39, 0.29) is 18.0 Å². The van der Waals surface area contributed by atoms with E-state index in [0.717, 1.165) is 6.07 Å². The first-order chi connectivity index (χ1) is 5.61. The van der Waals surface area contributed by atoms with Crippen molar-refractivity contribution in [3.8, 4) is 0 Å². The predicted octanol–water partition coefficient (Wildman–Crippen LogP) is 1.33. The molecular formula is C8H9ClFNO2. The summed E-state index contributed by atoms with van der Waals surface area (Å²) in [5.41, 5.74) is 5.51. The van der Waals surface area contributed by atoms with Crippen LogP contribution in [0.1, 0.15) is 11.6 Å². The van der Waals surface area contributed by atoms with Gasteiger partial charge in [-0.1, -0.05) is 12.1 Å². The minimum absolute atomic E-state index is 0. The van der Waals surface area contributed by atoms with Crippen molar-refractivity contribution < 1.29 is 14.3 Å². The summed E-state index contributed by atoms with van der Waals surface area (Å²) in [5, 5.41) is 8.48. The summed E-state index contributed by atoms with van der Waals surface area (Å²) >= 11 is 0. The number of benzene rings is 1. The summed E-state index contributed by atoms with van der Waals surface area (Å²) in [6, 6.07) is 4.09. The molecule has 5 heteroatoms. The van der Waals surface area contributed by atoms with Gasteiger partial charge in [0.2, 0.25) is 0 Å². The van der Waals surface area contributed by atoms with Gasteiger partial charge in [-0.2, -0.15) is 0 Å². The molecule has 0 amide bonds. The average molecular weight is 206 g/mol. The molecule has 0 spiro atoms. The molecule has 1 atom stereocenters. The molecule has 0 saturated carbocycles. The third-order valence-electron chi connectivity index (χ3n) is 1.47. The second kappa shape index (κ2) is 4.79. The predicted molar refractivity (Wildman–Crippen MR) is 48.2 cm³/mol. The van der Waals surface area contributed by atoms with E-state index in [1.165, 1.54) is 18.2 Å². The Labute approximate surface area is 80.8 Å². The summed E-state index contributed by atoms with van der Waals surface area (Å²) < 4.78 is 12.5. The van der Waals surface area contributed by atoms with Crippen molar-refractivity contribution in [2.45, 2.75) is 6.04 Å². The van der Waals surface area contributed by atoms with Crippen LogP contribution in [-0.2, 0) is 4.79 Å². The summed E-state index contributed by atoms with van der Waals surface area (Å²) in [6.45, 7) is 0. The quantitative estimate of drug-likeness (QED) is 0.766. The van der Waals surface area contributed by atoms with Crippen molar-refractivity contribution in [2.24, 2.45) is 5.73 Å². The van der Waals surface area contributed by atoms with E-state index in [0.29, 0.717) is 0 Å². The van der Waals surface area contributed by atoms with Crippen LogP contribution in [0.4, 0.5) is 4.39 Å². The molecular weight excluding hydrogens is 197 g/mol. The Bertz CT molecular complexity index is 306. The van der Waals surface area contributed by atoms with Crippen molar-refractivity contribution in [3.63, 3.8) is 0 Å². The number of rotatable bonds is 2. The maximum Gasteiger partial charge on any atom is 0.325 e. The molecule has 0 radical (unpaired) electrons. The number of carbonyl (C=O) groups is 1. The zero-order chi connectivity index (χ0) is 9.14. The van der Waals surface area contributed by atoms with Gasteiger partial charge in [-0.3, -0.25) is 4.79 Å². The first-order valence-corrected chi connectivity index (χ1v) is 3.35. The lowest BCUT2D eigenvalue weighted by Gasteiger charge is -2.05. The van der Waals surface area contributed by atoms with E-state index in [1.807, 2.05) is 0 Å². The fraction of sp³-hybridized carbons (Fsp3) is 0.125. The van der Waals surface area contributed by atoms with Gasteiger partial charge in [0.05, 0.1) is 0 Å². The van der Waals surface area contributed by atoms with Gasteiger partial charge in [-0.05, 0) is 17.7 Å². The lowest BCUT2D eigenvalue weighted by Crippen LogP contribution is -2.20. The van der Waals surface area contributed by atoms with Gasteiger partial charge in [0.25, 0.3) is 0 Å². The van der Waals surface area contributed by atoms with Crippen molar-refractivity contribution in [1.82, 2.24) is 0 Å². The number of halogens is 2. The van der Waals surface area contributed by atoms with E-state index in [2.05, 4.69) is 0 Å². The number of nitrogens with two attached hydrogens (primary N) is 1. The topological polar surface area (TPSA) is 63.3 Å². The molecule has 13 heavy (non-hydrogen) atoms. The molecule has 72 valence electrons. The van der Waals surface area contributed by atoms with Crippen LogP contribution in [0, 0.1) is 5.82 Å². The number of hydrogen-bond acceptors (Lipinski definition) is 2. The van der Waals surface area contributed by atoms with Crippen LogP contribution in [0.15, 0.2) is 24.3 Å². The number of hydrogen-bond donors (Lipinski definition) is 2. The third kappa shape index (κ3) is 3.01. The smallest absolute Gasteiger partial charge is 0.325 e.